The Morgan fingerprint density at radius 3 is 2.71 bits per heavy atom. The molecule has 0 saturated carbocycles. The zero-order chi connectivity index (χ0) is 10.6. The normalized spacial score (nSPS) is 9.86. The smallest absolute Gasteiger partial charge is 0.307 e. The standard InChI is InChI=1S/C11H14O3/c1-3-14-10-5-4-9(7-11(12)13)8(2)6-10/h4-6H,3,7H2,1-2H3,(H,12,13). The Morgan fingerprint density at radius 2 is 2.21 bits per heavy atom. The van der Waals surface area contributed by atoms with Crippen LogP contribution >= 0.6 is 0 Å². The van der Waals surface area contributed by atoms with Gasteiger partial charge in [-0.1, -0.05) is 6.07 Å². The minimum atomic E-state index is -0.808. The van der Waals surface area contributed by atoms with Crippen LogP contribution in [0.4, 0.5) is 0 Å². The van der Waals surface area contributed by atoms with Crippen molar-refractivity contribution in [1.82, 2.24) is 0 Å². The van der Waals surface area contributed by atoms with E-state index in [2.05, 4.69) is 0 Å². The summed E-state index contributed by atoms with van der Waals surface area (Å²) in [6, 6.07) is 5.46. The van der Waals surface area contributed by atoms with Gasteiger partial charge in [-0.2, -0.15) is 0 Å². The molecule has 0 bridgehead atoms. The number of carboxylic acids is 1. The molecule has 1 N–H and O–H groups in total. The van der Waals surface area contributed by atoms with Gasteiger partial charge >= 0.3 is 5.97 Å². The van der Waals surface area contributed by atoms with Crippen molar-refractivity contribution in [1.29, 1.82) is 0 Å². The molecule has 1 aromatic rings. The van der Waals surface area contributed by atoms with Crippen LogP contribution in [0.25, 0.3) is 0 Å². The molecule has 0 unspecified atom stereocenters. The Kier molecular flexibility index (Phi) is 3.51. The second kappa shape index (κ2) is 4.65. The Bertz CT molecular complexity index is 331. The van der Waals surface area contributed by atoms with E-state index >= 15 is 0 Å². The molecule has 0 amide bonds. The van der Waals surface area contributed by atoms with E-state index < -0.39 is 5.97 Å². The van der Waals surface area contributed by atoms with Crippen molar-refractivity contribution < 1.29 is 14.6 Å². The van der Waals surface area contributed by atoms with Gasteiger partial charge in [-0.25, -0.2) is 0 Å². The minimum Gasteiger partial charge on any atom is -0.494 e. The van der Waals surface area contributed by atoms with Gasteiger partial charge in [-0.05, 0) is 37.1 Å². The number of carbonyl (C=O) groups is 1. The van der Waals surface area contributed by atoms with Crippen LogP contribution in [0.15, 0.2) is 18.2 Å². The summed E-state index contributed by atoms with van der Waals surface area (Å²) in [5.41, 5.74) is 1.79. The van der Waals surface area contributed by atoms with Crippen molar-refractivity contribution in [3.8, 4) is 5.75 Å². The van der Waals surface area contributed by atoms with Crippen LogP contribution in [0, 0.1) is 6.92 Å². The highest BCUT2D eigenvalue weighted by Crippen LogP contribution is 2.17. The Hall–Kier alpha value is -1.51. The minimum absolute atomic E-state index is 0.0677. The molecule has 3 heteroatoms. The zero-order valence-electron chi connectivity index (χ0n) is 8.41. The van der Waals surface area contributed by atoms with Crippen LogP contribution < -0.4 is 4.74 Å². The summed E-state index contributed by atoms with van der Waals surface area (Å²) in [5.74, 6) is -0.0172. The van der Waals surface area contributed by atoms with Crippen LogP contribution in [-0.4, -0.2) is 17.7 Å². The lowest BCUT2D eigenvalue weighted by molar-refractivity contribution is -0.136. The third kappa shape index (κ3) is 2.76. The number of carboxylic acid groups (broad SMARTS) is 1. The van der Waals surface area contributed by atoms with Gasteiger partial charge in [-0.15, -0.1) is 0 Å². The summed E-state index contributed by atoms with van der Waals surface area (Å²) < 4.78 is 5.30. The molecule has 0 spiro atoms. The van der Waals surface area contributed by atoms with Gasteiger partial charge in [0.25, 0.3) is 0 Å². The number of aryl methyl sites for hydroxylation is 1. The van der Waals surface area contributed by atoms with E-state index in [4.69, 9.17) is 9.84 Å². The fourth-order valence-corrected chi connectivity index (χ4v) is 1.29. The first-order chi connectivity index (χ1) is 6.63. The van der Waals surface area contributed by atoms with Gasteiger partial charge in [0.05, 0.1) is 13.0 Å². The molecule has 1 rings (SSSR count). The number of ether oxygens (including phenoxy) is 1. The molecule has 0 aliphatic heterocycles. The average molecular weight is 194 g/mol. The molecule has 0 radical (unpaired) electrons. The maximum atomic E-state index is 10.5. The third-order valence-corrected chi connectivity index (χ3v) is 1.97. The zero-order valence-corrected chi connectivity index (χ0v) is 8.41. The molecule has 0 aliphatic carbocycles. The summed E-state index contributed by atoms with van der Waals surface area (Å²) in [5, 5.41) is 8.63. The van der Waals surface area contributed by atoms with Crippen molar-refractivity contribution in [2.75, 3.05) is 6.61 Å². The van der Waals surface area contributed by atoms with E-state index in [1.807, 2.05) is 19.9 Å². The lowest BCUT2D eigenvalue weighted by atomic mass is 10.1. The fraction of sp³-hybridized carbons (Fsp3) is 0.364. The molecule has 1 aromatic carbocycles. The van der Waals surface area contributed by atoms with Gasteiger partial charge in [0.15, 0.2) is 0 Å². The molecule has 0 saturated heterocycles. The third-order valence-electron chi connectivity index (χ3n) is 1.97. The quantitative estimate of drug-likeness (QED) is 0.797. The van der Waals surface area contributed by atoms with Gasteiger partial charge in [0, 0.05) is 0 Å². The number of rotatable bonds is 4. The van der Waals surface area contributed by atoms with E-state index in [1.54, 1.807) is 12.1 Å². The van der Waals surface area contributed by atoms with Gasteiger partial charge < -0.3 is 9.84 Å². The van der Waals surface area contributed by atoms with Crippen LogP contribution in [0.3, 0.4) is 0 Å². The van der Waals surface area contributed by atoms with Crippen LogP contribution in [0.5, 0.6) is 5.75 Å². The molecule has 0 heterocycles. The van der Waals surface area contributed by atoms with E-state index in [9.17, 15) is 4.79 Å². The highest BCUT2D eigenvalue weighted by Gasteiger charge is 2.04. The van der Waals surface area contributed by atoms with Crippen molar-refractivity contribution in [3.63, 3.8) is 0 Å². The van der Waals surface area contributed by atoms with Crippen LogP contribution in [0.1, 0.15) is 18.1 Å². The Labute approximate surface area is 83.3 Å². The SMILES string of the molecule is CCOc1ccc(CC(=O)O)c(C)c1. The predicted molar refractivity (Wildman–Crippen MR) is 53.7 cm³/mol. The second-order valence-corrected chi connectivity index (χ2v) is 3.09. The number of hydrogen-bond acceptors (Lipinski definition) is 2. The summed E-state index contributed by atoms with van der Waals surface area (Å²) in [7, 11) is 0. The van der Waals surface area contributed by atoms with Crippen molar-refractivity contribution in [2.24, 2.45) is 0 Å². The molecule has 76 valence electrons. The molecule has 3 nitrogen and oxygen atoms in total. The molecular formula is C11H14O3. The van der Waals surface area contributed by atoms with Crippen molar-refractivity contribution in [3.05, 3.63) is 29.3 Å². The number of aliphatic carboxylic acids is 1. The van der Waals surface area contributed by atoms with E-state index in [-0.39, 0.29) is 6.42 Å². The maximum Gasteiger partial charge on any atom is 0.307 e. The number of hydrogen-bond donors (Lipinski definition) is 1. The van der Waals surface area contributed by atoms with Gasteiger partial charge in [-0.3, -0.25) is 4.79 Å². The first-order valence-corrected chi connectivity index (χ1v) is 4.57. The van der Waals surface area contributed by atoms with E-state index in [0.29, 0.717) is 6.61 Å². The highest BCUT2D eigenvalue weighted by molar-refractivity contribution is 5.70. The van der Waals surface area contributed by atoms with E-state index in [1.165, 1.54) is 0 Å². The molecular weight excluding hydrogens is 180 g/mol. The fourth-order valence-electron chi connectivity index (χ4n) is 1.29. The Morgan fingerprint density at radius 1 is 1.50 bits per heavy atom. The predicted octanol–water partition coefficient (Wildman–Crippen LogP) is 2.02. The molecule has 0 fully saturated rings. The van der Waals surface area contributed by atoms with Crippen molar-refractivity contribution >= 4 is 5.97 Å². The second-order valence-electron chi connectivity index (χ2n) is 3.09. The monoisotopic (exact) mass is 194 g/mol. The largest absolute Gasteiger partial charge is 0.494 e. The summed E-state index contributed by atoms with van der Waals surface area (Å²) in [4.78, 5) is 10.5. The first kappa shape index (κ1) is 10.6. The summed E-state index contributed by atoms with van der Waals surface area (Å²) >= 11 is 0. The topological polar surface area (TPSA) is 46.5 Å². The van der Waals surface area contributed by atoms with Gasteiger partial charge in [0.2, 0.25) is 0 Å². The van der Waals surface area contributed by atoms with Crippen molar-refractivity contribution in [2.45, 2.75) is 20.3 Å². The molecule has 0 aliphatic rings. The molecule has 0 atom stereocenters. The Balaban J connectivity index is 2.84. The van der Waals surface area contributed by atoms with Gasteiger partial charge in [0.1, 0.15) is 5.75 Å². The van der Waals surface area contributed by atoms with Crippen LogP contribution in [0.2, 0.25) is 0 Å². The van der Waals surface area contributed by atoms with E-state index in [0.717, 1.165) is 16.9 Å². The summed E-state index contributed by atoms with van der Waals surface area (Å²) in [6.07, 6.45) is 0.0677. The lowest BCUT2D eigenvalue weighted by Crippen LogP contribution is -2.02. The van der Waals surface area contributed by atoms with Crippen LogP contribution in [-0.2, 0) is 11.2 Å². The summed E-state index contributed by atoms with van der Waals surface area (Å²) in [6.45, 7) is 4.43. The number of benzene rings is 1. The molecule has 14 heavy (non-hydrogen) atoms. The average Bonchev–Trinajstić information content (AvgIpc) is 2.10. The first-order valence-electron chi connectivity index (χ1n) is 4.57. The maximum absolute atomic E-state index is 10.5. The lowest BCUT2D eigenvalue weighted by Gasteiger charge is -2.07. The highest BCUT2D eigenvalue weighted by atomic mass is 16.5. The molecule has 0 aromatic heterocycles.